The molecule has 17 nitrogen and oxygen atoms in total. The van der Waals surface area contributed by atoms with E-state index in [1.807, 2.05) is 44.2 Å². The van der Waals surface area contributed by atoms with Gasteiger partial charge in [-0.15, -0.1) is 0 Å². The van der Waals surface area contributed by atoms with Crippen LogP contribution < -0.4 is 31.3 Å². The topological polar surface area (TPSA) is 241 Å². The van der Waals surface area contributed by atoms with Crippen LogP contribution in [0, 0.1) is 40.5 Å². The summed E-state index contributed by atoms with van der Waals surface area (Å²) in [6.45, 7) is 17.1. The molecular weight excluding hydrogens is 829 g/mol. The number of hydrogen-bond acceptors (Lipinski definition) is 9. The quantitative estimate of drug-likeness (QED) is 0.0228. The van der Waals surface area contributed by atoms with Crippen molar-refractivity contribution in [3.05, 3.63) is 128 Å². The van der Waals surface area contributed by atoms with Crippen molar-refractivity contribution in [1.82, 2.24) is 36.6 Å². The molecule has 0 radical (unpaired) electrons. The van der Waals surface area contributed by atoms with E-state index in [2.05, 4.69) is 87.3 Å². The number of rotatable bonds is 24. The molecule has 0 saturated heterocycles. The van der Waals surface area contributed by atoms with Crippen molar-refractivity contribution in [2.24, 2.45) is 11.0 Å². The van der Waals surface area contributed by atoms with Gasteiger partial charge in [0.05, 0.1) is 26.0 Å². The molecule has 0 unspecified atom stereocenters. The highest BCUT2D eigenvalue weighted by Gasteiger charge is 2.31. The number of carbonyl (C=O) groups excluding carboxylic acids is 5. The highest BCUT2D eigenvalue weighted by molar-refractivity contribution is 5.95. The van der Waals surface area contributed by atoms with Crippen LogP contribution >= 0.6 is 0 Å². The summed E-state index contributed by atoms with van der Waals surface area (Å²) in [7, 11) is 0. The largest absolute Gasteiger partial charge is 0.489 e. The standard InChI is InChI=1S/C37H50N10O7.C11H16/c1-25(2)19-31(45-37(52)32(44-26(3)48)20-27-9-11-30(12-10-27)54-23-28-7-5-4-6-8-28)36(51)46-33(35(50)41-15-17-53-18-16-43-47-38)21-34(49)40-14-13-29-22-39-24-42-29;1-7-6-8(2)10(4)11(5)9(7)3/h4-12,22,24-25,31-33H,13-21,23H2,1-3H3,(H,39,42)(H,40,49)(H,41,50)(H,44,48)(H,45,52)(H,46,51);6H,1-5H3/t31-,32+,33+;/m1./s1. The van der Waals surface area contributed by atoms with Gasteiger partial charge in [0.1, 0.15) is 30.5 Å². The van der Waals surface area contributed by atoms with Gasteiger partial charge in [0.25, 0.3) is 0 Å². The molecule has 0 bridgehead atoms. The van der Waals surface area contributed by atoms with Gasteiger partial charge < -0.3 is 41.0 Å². The first kappa shape index (κ1) is 52.6. The van der Waals surface area contributed by atoms with Gasteiger partial charge in [-0.2, -0.15) is 0 Å². The molecular formula is C48H66N10O7. The molecule has 5 amide bonds. The number of ether oxygens (including phenoxy) is 2. The summed E-state index contributed by atoms with van der Waals surface area (Å²) in [6.07, 6.45) is 3.61. The number of carbonyl (C=O) groups is 5. The van der Waals surface area contributed by atoms with Gasteiger partial charge in [-0.05, 0) is 104 Å². The molecule has 0 saturated carbocycles. The third-order valence-electron chi connectivity index (χ3n) is 10.6. The van der Waals surface area contributed by atoms with Crippen LogP contribution in [0.1, 0.15) is 78.3 Å². The van der Waals surface area contributed by atoms with Crippen molar-refractivity contribution in [1.29, 1.82) is 0 Å². The van der Waals surface area contributed by atoms with E-state index in [4.69, 9.17) is 15.0 Å². The first-order valence-corrected chi connectivity index (χ1v) is 21.9. The number of nitrogens with zero attached hydrogens (tertiary/aromatic N) is 4. The minimum atomic E-state index is -1.28. The molecule has 3 atom stereocenters. The maximum Gasteiger partial charge on any atom is 0.243 e. The molecule has 0 aliphatic heterocycles. The first-order chi connectivity index (χ1) is 31.1. The Hall–Kier alpha value is -6.71. The second kappa shape index (κ2) is 28.2. The average molecular weight is 895 g/mol. The van der Waals surface area contributed by atoms with E-state index >= 15 is 0 Å². The lowest BCUT2D eigenvalue weighted by Gasteiger charge is -2.26. The molecule has 17 heteroatoms. The highest BCUT2D eigenvalue weighted by Crippen LogP contribution is 2.20. The Morgan fingerprint density at radius 1 is 0.769 bits per heavy atom. The Morgan fingerprint density at radius 2 is 1.43 bits per heavy atom. The van der Waals surface area contributed by atoms with Crippen molar-refractivity contribution in [3.8, 4) is 5.75 Å². The van der Waals surface area contributed by atoms with Gasteiger partial charge in [-0.1, -0.05) is 67.5 Å². The fourth-order valence-electron chi connectivity index (χ4n) is 6.66. The van der Waals surface area contributed by atoms with Crippen LogP contribution in [0.5, 0.6) is 5.75 Å². The van der Waals surface area contributed by atoms with Gasteiger partial charge in [0.15, 0.2) is 0 Å². The van der Waals surface area contributed by atoms with E-state index < -0.39 is 47.7 Å². The molecule has 3 aromatic carbocycles. The summed E-state index contributed by atoms with van der Waals surface area (Å²) in [5, 5.41) is 16.9. The van der Waals surface area contributed by atoms with Crippen molar-refractivity contribution in [3.63, 3.8) is 0 Å². The Morgan fingerprint density at radius 3 is 2.05 bits per heavy atom. The van der Waals surface area contributed by atoms with Gasteiger partial charge >= 0.3 is 0 Å². The van der Waals surface area contributed by atoms with Crippen LogP contribution in [0.4, 0.5) is 0 Å². The summed E-state index contributed by atoms with van der Waals surface area (Å²) >= 11 is 0. The minimum Gasteiger partial charge on any atom is -0.489 e. The summed E-state index contributed by atoms with van der Waals surface area (Å²) in [5.41, 5.74) is 18.1. The summed E-state index contributed by atoms with van der Waals surface area (Å²) in [6, 6.07) is 15.8. The molecule has 6 N–H and O–H groups in total. The molecule has 4 aromatic rings. The Bertz CT molecular complexity index is 2150. The van der Waals surface area contributed by atoms with E-state index in [9.17, 15) is 24.0 Å². The van der Waals surface area contributed by atoms with Crippen LogP contribution in [-0.2, 0) is 48.2 Å². The van der Waals surface area contributed by atoms with E-state index in [0.29, 0.717) is 18.8 Å². The third-order valence-corrected chi connectivity index (χ3v) is 10.6. The number of H-pyrrole nitrogens is 1. The fraction of sp³-hybridized carbons (Fsp3) is 0.458. The molecule has 1 aromatic heterocycles. The van der Waals surface area contributed by atoms with Gasteiger partial charge in [-0.3, -0.25) is 24.0 Å². The molecule has 0 aliphatic carbocycles. The van der Waals surface area contributed by atoms with Crippen LogP contribution in [-0.4, -0.2) is 90.5 Å². The van der Waals surface area contributed by atoms with Crippen molar-refractivity contribution >= 4 is 29.5 Å². The minimum absolute atomic E-state index is 0.0516. The molecule has 350 valence electrons. The summed E-state index contributed by atoms with van der Waals surface area (Å²) in [5.74, 6) is -2.22. The van der Waals surface area contributed by atoms with Crippen LogP contribution in [0.3, 0.4) is 0 Å². The fourth-order valence-corrected chi connectivity index (χ4v) is 6.66. The second-order valence-electron chi connectivity index (χ2n) is 16.3. The highest BCUT2D eigenvalue weighted by atomic mass is 16.5. The lowest BCUT2D eigenvalue weighted by molar-refractivity contribution is -0.135. The maximum atomic E-state index is 13.7. The zero-order valence-corrected chi connectivity index (χ0v) is 39.0. The molecule has 65 heavy (non-hydrogen) atoms. The van der Waals surface area contributed by atoms with Crippen molar-refractivity contribution in [2.45, 2.75) is 106 Å². The van der Waals surface area contributed by atoms with Crippen molar-refractivity contribution < 1.29 is 33.4 Å². The van der Waals surface area contributed by atoms with Gasteiger partial charge in [-0.25, -0.2) is 4.98 Å². The number of aryl methyl sites for hydroxylation is 2. The van der Waals surface area contributed by atoms with Crippen LogP contribution in [0.15, 0.2) is 78.3 Å². The first-order valence-electron chi connectivity index (χ1n) is 21.9. The number of hydrogen-bond donors (Lipinski definition) is 6. The zero-order chi connectivity index (χ0) is 47.7. The number of amides is 5. The number of nitrogens with one attached hydrogen (secondary N) is 6. The molecule has 4 rings (SSSR count). The predicted octanol–water partition coefficient (Wildman–Crippen LogP) is 5.47. The zero-order valence-electron chi connectivity index (χ0n) is 39.0. The van der Waals surface area contributed by atoms with Crippen molar-refractivity contribution in [2.75, 3.05) is 32.8 Å². The second-order valence-corrected chi connectivity index (χ2v) is 16.3. The third kappa shape index (κ3) is 19.7. The lowest BCUT2D eigenvalue weighted by Crippen LogP contribution is -2.58. The van der Waals surface area contributed by atoms with Crippen LogP contribution in [0.2, 0.25) is 0 Å². The maximum absolute atomic E-state index is 13.7. The van der Waals surface area contributed by atoms with Crippen LogP contribution in [0.25, 0.3) is 10.4 Å². The average Bonchev–Trinajstić information content (AvgIpc) is 3.80. The monoisotopic (exact) mass is 895 g/mol. The Kier molecular flexibility index (Phi) is 22.8. The summed E-state index contributed by atoms with van der Waals surface area (Å²) < 4.78 is 11.2. The van der Waals surface area contributed by atoms with E-state index in [1.165, 1.54) is 41.1 Å². The molecule has 1 heterocycles. The predicted molar refractivity (Wildman–Crippen MR) is 250 cm³/mol. The number of benzene rings is 3. The van der Waals surface area contributed by atoms with E-state index in [0.717, 1.165) is 16.8 Å². The van der Waals surface area contributed by atoms with E-state index in [-0.39, 0.29) is 58.0 Å². The smallest absolute Gasteiger partial charge is 0.243 e. The number of aromatic nitrogens is 2. The molecule has 0 fully saturated rings. The normalized spacial score (nSPS) is 12.0. The SMILES string of the molecule is CC(=O)N[C@@H](Cc1ccc(OCc2ccccc2)cc1)C(=O)N[C@H](CC(C)C)C(=O)N[C@@H](CC(=O)NCCc1cnc[nH]1)C(=O)NCCOCCN=[N+]=[N-].Cc1cc(C)c(C)c(C)c1C. The Balaban J connectivity index is 0.000000887. The number of aromatic amines is 1. The van der Waals surface area contributed by atoms with E-state index in [1.54, 1.807) is 30.5 Å². The molecule has 0 spiro atoms. The number of imidazole rings is 1. The summed E-state index contributed by atoms with van der Waals surface area (Å²) in [4.78, 5) is 75.3. The molecule has 0 aliphatic rings. The number of azide groups is 1. The van der Waals surface area contributed by atoms with Gasteiger partial charge in [0, 0.05) is 56.2 Å². The van der Waals surface area contributed by atoms with Gasteiger partial charge in [0.2, 0.25) is 29.5 Å². The lowest BCUT2D eigenvalue weighted by atomic mass is 9.96. The Labute approximate surface area is 382 Å².